The lowest BCUT2D eigenvalue weighted by atomic mass is 9.81. The summed E-state index contributed by atoms with van der Waals surface area (Å²) in [5.74, 6) is 0.174. The van der Waals surface area contributed by atoms with Gasteiger partial charge in [-0.05, 0) is 24.1 Å². The first-order chi connectivity index (χ1) is 7.88. The highest BCUT2D eigenvalue weighted by Crippen LogP contribution is 2.34. The average molecular weight is 234 g/mol. The zero-order valence-electron chi connectivity index (χ0n) is 10.5. The quantitative estimate of drug-likeness (QED) is 0.874. The summed E-state index contributed by atoms with van der Waals surface area (Å²) >= 11 is 0. The molecule has 0 amide bonds. The summed E-state index contributed by atoms with van der Waals surface area (Å²) in [5, 5.41) is 8.92. The molecule has 0 saturated carbocycles. The molecule has 0 aliphatic carbocycles. The highest BCUT2D eigenvalue weighted by atomic mass is 16.5. The highest BCUT2D eigenvalue weighted by molar-refractivity contribution is 5.69. The molecule has 3 heteroatoms. The molecule has 0 spiro atoms. The van der Waals surface area contributed by atoms with Gasteiger partial charge in [-0.2, -0.15) is 0 Å². The number of hydrogen-bond donors (Lipinski definition) is 1. The zero-order valence-corrected chi connectivity index (χ0v) is 10.5. The van der Waals surface area contributed by atoms with E-state index in [1.165, 1.54) is 5.56 Å². The molecule has 1 aliphatic rings. The fraction of sp³-hybridized carbons (Fsp3) is 0.500. The van der Waals surface area contributed by atoms with Crippen LogP contribution in [-0.4, -0.2) is 17.2 Å². The number of carboxylic acids is 1. The van der Waals surface area contributed by atoms with Crippen molar-refractivity contribution >= 4 is 5.97 Å². The number of carbonyl (C=O) groups is 1. The Kier molecular flexibility index (Phi) is 2.86. The summed E-state index contributed by atoms with van der Waals surface area (Å²) in [7, 11) is 0. The SMILES string of the molecule is CC1Cc2cc(C(C)(C)CC(=O)O)ccc2O1. The Morgan fingerprint density at radius 3 is 2.88 bits per heavy atom. The van der Waals surface area contributed by atoms with Gasteiger partial charge in [0.05, 0.1) is 6.42 Å². The molecule has 92 valence electrons. The predicted octanol–water partition coefficient (Wildman–Crippen LogP) is 2.76. The van der Waals surface area contributed by atoms with E-state index in [9.17, 15) is 4.79 Å². The van der Waals surface area contributed by atoms with Crippen LogP contribution in [0.2, 0.25) is 0 Å². The molecule has 2 rings (SSSR count). The first-order valence-electron chi connectivity index (χ1n) is 5.90. The molecule has 0 saturated heterocycles. The van der Waals surface area contributed by atoms with Crippen LogP contribution in [0.5, 0.6) is 5.75 Å². The molecule has 1 atom stereocenters. The van der Waals surface area contributed by atoms with Gasteiger partial charge in [0, 0.05) is 11.8 Å². The lowest BCUT2D eigenvalue weighted by molar-refractivity contribution is -0.138. The maximum absolute atomic E-state index is 10.8. The van der Waals surface area contributed by atoms with E-state index < -0.39 is 5.97 Å². The Morgan fingerprint density at radius 1 is 1.53 bits per heavy atom. The molecule has 1 heterocycles. The van der Waals surface area contributed by atoms with E-state index in [0.29, 0.717) is 0 Å². The van der Waals surface area contributed by atoms with Crippen molar-refractivity contribution in [1.29, 1.82) is 0 Å². The van der Waals surface area contributed by atoms with Crippen LogP contribution in [0.1, 0.15) is 38.3 Å². The summed E-state index contributed by atoms with van der Waals surface area (Å²) in [5.41, 5.74) is 1.91. The van der Waals surface area contributed by atoms with Crippen LogP contribution in [-0.2, 0) is 16.6 Å². The molecule has 17 heavy (non-hydrogen) atoms. The first-order valence-corrected chi connectivity index (χ1v) is 5.90. The van der Waals surface area contributed by atoms with E-state index in [4.69, 9.17) is 9.84 Å². The normalized spacial score (nSPS) is 18.6. The third kappa shape index (κ3) is 2.43. The van der Waals surface area contributed by atoms with Crippen molar-refractivity contribution in [3.05, 3.63) is 29.3 Å². The monoisotopic (exact) mass is 234 g/mol. The van der Waals surface area contributed by atoms with Gasteiger partial charge in [0.1, 0.15) is 11.9 Å². The fourth-order valence-electron chi connectivity index (χ4n) is 2.32. The number of aliphatic carboxylic acids is 1. The average Bonchev–Trinajstić information content (AvgIpc) is 2.54. The van der Waals surface area contributed by atoms with Gasteiger partial charge in [0.2, 0.25) is 0 Å². The minimum Gasteiger partial charge on any atom is -0.490 e. The number of rotatable bonds is 3. The third-order valence-corrected chi connectivity index (χ3v) is 3.27. The second-order valence-corrected chi connectivity index (χ2v) is 5.41. The molecule has 0 aromatic heterocycles. The van der Waals surface area contributed by atoms with Gasteiger partial charge in [-0.1, -0.05) is 26.0 Å². The summed E-state index contributed by atoms with van der Waals surface area (Å²) in [6.07, 6.45) is 1.27. The molecule has 3 nitrogen and oxygen atoms in total. The standard InChI is InChI=1S/C14H18O3/c1-9-6-10-7-11(4-5-12(10)17-9)14(2,3)8-13(15)16/h4-5,7,9H,6,8H2,1-3H3,(H,15,16). The van der Waals surface area contributed by atoms with E-state index in [0.717, 1.165) is 17.7 Å². The van der Waals surface area contributed by atoms with Gasteiger partial charge in [-0.3, -0.25) is 4.79 Å². The smallest absolute Gasteiger partial charge is 0.304 e. The Hall–Kier alpha value is -1.51. The van der Waals surface area contributed by atoms with Crippen molar-refractivity contribution in [3.63, 3.8) is 0 Å². The molecule has 1 unspecified atom stereocenters. The van der Waals surface area contributed by atoms with Crippen LogP contribution in [0.3, 0.4) is 0 Å². The molecular formula is C14H18O3. The zero-order chi connectivity index (χ0) is 12.6. The van der Waals surface area contributed by atoms with Crippen molar-refractivity contribution in [3.8, 4) is 5.75 Å². The largest absolute Gasteiger partial charge is 0.490 e. The van der Waals surface area contributed by atoms with Crippen LogP contribution >= 0.6 is 0 Å². The Morgan fingerprint density at radius 2 is 2.24 bits per heavy atom. The molecule has 1 aliphatic heterocycles. The third-order valence-electron chi connectivity index (χ3n) is 3.27. The maximum Gasteiger partial charge on any atom is 0.304 e. The summed E-state index contributed by atoms with van der Waals surface area (Å²) < 4.78 is 5.64. The minimum atomic E-state index is -0.764. The van der Waals surface area contributed by atoms with Crippen molar-refractivity contribution in [2.24, 2.45) is 0 Å². The summed E-state index contributed by atoms with van der Waals surface area (Å²) in [4.78, 5) is 10.8. The Balaban J connectivity index is 2.29. The van der Waals surface area contributed by atoms with Crippen molar-refractivity contribution < 1.29 is 14.6 Å². The van der Waals surface area contributed by atoms with Gasteiger partial charge in [0.25, 0.3) is 0 Å². The van der Waals surface area contributed by atoms with Crippen LogP contribution < -0.4 is 4.74 Å². The maximum atomic E-state index is 10.8. The summed E-state index contributed by atoms with van der Waals surface area (Å²) in [6, 6.07) is 6.01. The molecule has 1 N–H and O–H groups in total. The minimum absolute atomic E-state index is 0.141. The van der Waals surface area contributed by atoms with E-state index in [2.05, 4.69) is 6.07 Å². The van der Waals surface area contributed by atoms with Crippen molar-refractivity contribution in [1.82, 2.24) is 0 Å². The molecule has 0 radical (unpaired) electrons. The molecule has 0 bridgehead atoms. The van der Waals surface area contributed by atoms with Crippen LogP contribution in [0.4, 0.5) is 0 Å². The van der Waals surface area contributed by atoms with Gasteiger partial charge in [0.15, 0.2) is 0 Å². The lowest BCUT2D eigenvalue weighted by Gasteiger charge is -2.23. The fourth-order valence-corrected chi connectivity index (χ4v) is 2.32. The molecule has 1 aromatic rings. The van der Waals surface area contributed by atoms with Crippen molar-refractivity contribution in [2.45, 2.75) is 45.1 Å². The highest BCUT2D eigenvalue weighted by Gasteiger charge is 2.27. The second kappa shape index (κ2) is 4.06. The Bertz CT molecular complexity index is 449. The molecular weight excluding hydrogens is 216 g/mol. The van der Waals surface area contributed by atoms with E-state index >= 15 is 0 Å². The predicted molar refractivity (Wildman–Crippen MR) is 65.5 cm³/mol. The van der Waals surface area contributed by atoms with Crippen LogP contribution in [0.15, 0.2) is 18.2 Å². The number of ether oxygens (including phenoxy) is 1. The van der Waals surface area contributed by atoms with Gasteiger partial charge >= 0.3 is 5.97 Å². The molecule has 0 fully saturated rings. The summed E-state index contributed by atoms with van der Waals surface area (Å²) in [6.45, 7) is 5.96. The second-order valence-electron chi connectivity index (χ2n) is 5.41. The number of benzene rings is 1. The van der Waals surface area contributed by atoms with Gasteiger partial charge in [-0.25, -0.2) is 0 Å². The van der Waals surface area contributed by atoms with Crippen LogP contribution in [0, 0.1) is 0 Å². The first kappa shape index (κ1) is 12.0. The molecule has 1 aromatic carbocycles. The van der Waals surface area contributed by atoms with Gasteiger partial charge < -0.3 is 9.84 Å². The Labute approximate surface area is 101 Å². The van der Waals surface area contributed by atoms with E-state index in [1.807, 2.05) is 32.9 Å². The van der Waals surface area contributed by atoms with Gasteiger partial charge in [-0.15, -0.1) is 0 Å². The number of carboxylic acid groups (broad SMARTS) is 1. The van der Waals surface area contributed by atoms with Crippen molar-refractivity contribution in [2.75, 3.05) is 0 Å². The van der Waals surface area contributed by atoms with E-state index in [-0.39, 0.29) is 17.9 Å². The number of fused-ring (bicyclic) bond motifs is 1. The number of hydrogen-bond acceptors (Lipinski definition) is 2. The van der Waals surface area contributed by atoms with Crippen LogP contribution in [0.25, 0.3) is 0 Å². The topological polar surface area (TPSA) is 46.5 Å². The lowest BCUT2D eigenvalue weighted by Crippen LogP contribution is -2.21. The van der Waals surface area contributed by atoms with E-state index in [1.54, 1.807) is 0 Å².